The molecule has 1 fully saturated rings. The molecule has 2 aliphatic rings. The number of likely N-dealkylation sites (tertiary alicyclic amines) is 1. The highest BCUT2D eigenvalue weighted by Gasteiger charge is 2.46. The summed E-state index contributed by atoms with van der Waals surface area (Å²) in [4.78, 5) is 31.7. The summed E-state index contributed by atoms with van der Waals surface area (Å²) >= 11 is 0. The number of ketones is 1. The molecular weight excluding hydrogens is 418 g/mol. The predicted octanol–water partition coefficient (Wildman–Crippen LogP) is 3.06. The second-order valence-corrected chi connectivity index (χ2v) is 9.24. The van der Waals surface area contributed by atoms with E-state index in [2.05, 4.69) is 0 Å². The summed E-state index contributed by atoms with van der Waals surface area (Å²) in [5.74, 6) is -0.595. The van der Waals surface area contributed by atoms with Gasteiger partial charge in [0.15, 0.2) is 0 Å². The van der Waals surface area contributed by atoms with Crippen LogP contribution in [0.15, 0.2) is 48.0 Å². The number of ether oxygens (including phenoxy) is 1. The van der Waals surface area contributed by atoms with Gasteiger partial charge in [0.25, 0.3) is 11.7 Å². The molecule has 0 radical (unpaired) electrons. The minimum Gasteiger partial charge on any atom is -0.507 e. The Morgan fingerprint density at radius 1 is 1.09 bits per heavy atom. The van der Waals surface area contributed by atoms with Crippen LogP contribution in [0.4, 0.5) is 5.69 Å². The van der Waals surface area contributed by atoms with E-state index in [1.54, 1.807) is 11.0 Å². The molecule has 1 saturated heterocycles. The average molecular weight is 450 g/mol. The van der Waals surface area contributed by atoms with Crippen molar-refractivity contribution in [2.45, 2.75) is 25.5 Å². The number of anilines is 1. The summed E-state index contributed by atoms with van der Waals surface area (Å²) in [6.07, 6.45) is 0.812. The quantitative estimate of drug-likeness (QED) is 0.415. The van der Waals surface area contributed by atoms with Crippen LogP contribution in [0, 0.1) is 0 Å². The Morgan fingerprint density at radius 2 is 1.79 bits per heavy atom. The summed E-state index contributed by atoms with van der Waals surface area (Å²) in [5, 5.41) is 11.3. The Labute approximate surface area is 194 Å². The molecule has 0 spiro atoms. The zero-order chi connectivity index (χ0) is 23.9. The third kappa shape index (κ3) is 4.33. The fraction of sp³-hybridized carbons (Fsp3) is 0.385. The monoisotopic (exact) mass is 449 g/mol. The number of nitrogens with zero attached hydrogens (tertiary/aromatic N) is 3. The van der Waals surface area contributed by atoms with E-state index in [9.17, 15) is 14.7 Å². The molecule has 1 amide bonds. The lowest BCUT2D eigenvalue weighted by Crippen LogP contribution is -2.35. The van der Waals surface area contributed by atoms with E-state index in [1.807, 2.05) is 81.3 Å². The highest BCUT2D eigenvalue weighted by atomic mass is 16.5. The van der Waals surface area contributed by atoms with Gasteiger partial charge in [0.05, 0.1) is 11.6 Å². The molecule has 2 heterocycles. The number of rotatable bonds is 6. The van der Waals surface area contributed by atoms with Gasteiger partial charge in [-0.3, -0.25) is 9.59 Å². The summed E-state index contributed by atoms with van der Waals surface area (Å²) in [6.45, 7) is 2.98. The summed E-state index contributed by atoms with van der Waals surface area (Å²) in [7, 11) is 7.75. The van der Waals surface area contributed by atoms with Crippen LogP contribution in [0.3, 0.4) is 0 Å². The first kappa shape index (κ1) is 22.9. The fourth-order valence-corrected chi connectivity index (χ4v) is 4.44. The molecule has 4 rings (SSSR count). The number of benzene rings is 2. The summed E-state index contributed by atoms with van der Waals surface area (Å²) in [5.41, 5.74) is 3.44. The van der Waals surface area contributed by atoms with Crippen LogP contribution in [0.5, 0.6) is 5.75 Å². The molecule has 7 nitrogen and oxygen atoms in total. The second kappa shape index (κ2) is 8.90. The van der Waals surface area contributed by atoms with Crippen LogP contribution in [0.25, 0.3) is 5.76 Å². The third-order valence-corrected chi connectivity index (χ3v) is 6.22. The largest absolute Gasteiger partial charge is 0.507 e. The van der Waals surface area contributed by atoms with E-state index in [1.165, 1.54) is 0 Å². The molecule has 174 valence electrons. The number of hydrogen-bond acceptors (Lipinski definition) is 6. The van der Waals surface area contributed by atoms with E-state index < -0.39 is 17.7 Å². The molecule has 2 aromatic rings. The van der Waals surface area contributed by atoms with Crippen molar-refractivity contribution in [1.82, 2.24) is 9.80 Å². The fourth-order valence-electron chi connectivity index (χ4n) is 4.44. The van der Waals surface area contributed by atoms with E-state index >= 15 is 0 Å². The van der Waals surface area contributed by atoms with Crippen molar-refractivity contribution in [1.29, 1.82) is 0 Å². The molecule has 0 bridgehead atoms. The molecule has 0 saturated carbocycles. The zero-order valence-electron chi connectivity index (χ0n) is 19.8. The van der Waals surface area contributed by atoms with Crippen LogP contribution >= 0.6 is 0 Å². The molecule has 2 aromatic carbocycles. The van der Waals surface area contributed by atoms with Crippen molar-refractivity contribution in [2.75, 3.05) is 46.2 Å². The maximum atomic E-state index is 13.2. The van der Waals surface area contributed by atoms with Crippen LogP contribution < -0.4 is 9.64 Å². The first-order chi connectivity index (χ1) is 15.7. The lowest BCUT2D eigenvalue weighted by atomic mass is 9.94. The number of likely N-dealkylation sites (N-methyl/N-ethyl adjacent to an activating group) is 1. The Bertz CT molecular complexity index is 1110. The molecule has 33 heavy (non-hydrogen) atoms. The van der Waals surface area contributed by atoms with E-state index in [4.69, 9.17) is 4.74 Å². The van der Waals surface area contributed by atoms with Gasteiger partial charge in [-0.25, -0.2) is 0 Å². The Hall–Kier alpha value is -3.32. The van der Waals surface area contributed by atoms with Gasteiger partial charge in [0.1, 0.15) is 17.6 Å². The minimum absolute atomic E-state index is 0.0734. The number of Topliss-reactive ketones (excluding diaryl/α,β-unsaturated/α-hetero) is 1. The van der Waals surface area contributed by atoms with Crippen LogP contribution in [0.2, 0.25) is 0 Å². The lowest BCUT2D eigenvalue weighted by Gasteiger charge is -2.27. The van der Waals surface area contributed by atoms with Crippen LogP contribution in [0.1, 0.15) is 29.7 Å². The minimum atomic E-state index is -0.655. The van der Waals surface area contributed by atoms with Gasteiger partial charge in [-0.05, 0) is 62.5 Å². The number of fused-ring (bicyclic) bond motifs is 1. The molecule has 2 aliphatic heterocycles. The molecule has 0 aliphatic carbocycles. The van der Waals surface area contributed by atoms with Crippen molar-refractivity contribution in [3.8, 4) is 5.75 Å². The van der Waals surface area contributed by atoms with Gasteiger partial charge in [-0.15, -0.1) is 0 Å². The average Bonchev–Trinajstić information content (AvgIpc) is 3.27. The summed E-state index contributed by atoms with van der Waals surface area (Å²) < 4.78 is 5.76. The van der Waals surface area contributed by atoms with E-state index in [0.29, 0.717) is 18.7 Å². The molecule has 2 unspecified atom stereocenters. The molecule has 7 heteroatoms. The maximum absolute atomic E-state index is 13.2. The molecular formula is C26H31N3O4. The topological polar surface area (TPSA) is 73.3 Å². The van der Waals surface area contributed by atoms with Crippen LogP contribution in [-0.2, 0) is 16.0 Å². The van der Waals surface area contributed by atoms with Gasteiger partial charge >= 0.3 is 0 Å². The van der Waals surface area contributed by atoms with Crippen molar-refractivity contribution in [3.63, 3.8) is 0 Å². The van der Waals surface area contributed by atoms with Gasteiger partial charge in [-0.2, -0.15) is 0 Å². The normalized spacial score (nSPS) is 21.5. The maximum Gasteiger partial charge on any atom is 0.295 e. The molecule has 1 N–H and O–H groups in total. The number of aliphatic hydroxyl groups excluding tert-OH is 1. The zero-order valence-corrected chi connectivity index (χ0v) is 19.8. The van der Waals surface area contributed by atoms with Crippen molar-refractivity contribution in [3.05, 3.63) is 64.7 Å². The highest BCUT2D eigenvalue weighted by molar-refractivity contribution is 6.46. The van der Waals surface area contributed by atoms with Gasteiger partial charge in [-0.1, -0.05) is 12.1 Å². The Balaban J connectivity index is 1.80. The van der Waals surface area contributed by atoms with Crippen molar-refractivity contribution < 1.29 is 19.4 Å². The molecule has 0 aromatic heterocycles. The Kier molecular flexibility index (Phi) is 6.17. The smallest absolute Gasteiger partial charge is 0.295 e. The SMILES string of the molecule is CC1Cc2cc(/C(O)=C3/C(=O)C(=O)N(CCN(C)C)C3c3ccc(N(C)C)cc3)ccc2O1. The second-order valence-electron chi connectivity index (χ2n) is 9.24. The van der Waals surface area contributed by atoms with E-state index in [-0.39, 0.29) is 17.4 Å². The van der Waals surface area contributed by atoms with Gasteiger partial charge in [0.2, 0.25) is 0 Å². The number of aliphatic hydroxyl groups is 1. The van der Waals surface area contributed by atoms with E-state index in [0.717, 1.165) is 29.0 Å². The van der Waals surface area contributed by atoms with Crippen molar-refractivity contribution in [2.24, 2.45) is 0 Å². The van der Waals surface area contributed by atoms with Gasteiger partial charge in [0, 0.05) is 44.9 Å². The lowest BCUT2D eigenvalue weighted by molar-refractivity contribution is -0.140. The van der Waals surface area contributed by atoms with Crippen molar-refractivity contribution >= 4 is 23.1 Å². The first-order valence-corrected chi connectivity index (χ1v) is 11.2. The summed E-state index contributed by atoms with van der Waals surface area (Å²) in [6, 6.07) is 12.5. The Morgan fingerprint density at radius 3 is 2.42 bits per heavy atom. The highest BCUT2D eigenvalue weighted by Crippen LogP contribution is 2.40. The number of hydrogen-bond donors (Lipinski definition) is 1. The number of carbonyl (C=O) groups is 2. The number of amides is 1. The first-order valence-electron chi connectivity index (χ1n) is 11.2. The van der Waals surface area contributed by atoms with Gasteiger partial charge < -0.3 is 24.5 Å². The standard InChI is InChI=1S/C26H31N3O4/c1-16-14-19-15-18(8-11-21(19)33-16)24(30)22-23(17-6-9-20(10-7-17)28(4)5)29(13-12-27(2)3)26(32)25(22)31/h6-11,15-16,23,30H,12-14H2,1-5H3/b24-22-. The molecule has 2 atom stereocenters. The van der Waals surface area contributed by atoms with Crippen LogP contribution in [-0.4, -0.2) is 74.0 Å². The number of carbonyl (C=O) groups excluding carboxylic acids is 2. The third-order valence-electron chi connectivity index (χ3n) is 6.22. The predicted molar refractivity (Wildman–Crippen MR) is 129 cm³/mol.